The number of aliphatic carboxylic acids is 1. The molecule has 0 saturated carbocycles. The first-order valence-corrected chi connectivity index (χ1v) is 11.9. The minimum absolute atomic E-state index is 0.264. The second kappa shape index (κ2) is 9.91. The van der Waals surface area contributed by atoms with Crippen LogP contribution in [0.5, 0.6) is 5.75 Å². The molecule has 3 aromatic rings. The smallest absolute Gasteiger partial charge is 0.481 e. The van der Waals surface area contributed by atoms with E-state index < -0.39 is 12.3 Å². The summed E-state index contributed by atoms with van der Waals surface area (Å²) >= 11 is 13.3. The minimum atomic E-state index is -4.77. The summed E-state index contributed by atoms with van der Waals surface area (Å²) in [6, 6.07) is 6.43. The molecule has 4 rings (SSSR count). The van der Waals surface area contributed by atoms with Gasteiger partial charge in [0.2, 0.25) is 0 Å². The Hall–Kier alpha value is -2.42. The lowest BCUT2D eigenvalue weighted by atomic mass is 9.96. The van der Waals surface area contributed by atoms with Crippen LogP contribution in [0.15, 0.2) is 30.5 Å². The van der Waals surface area contributed by atoms with Crippen LogP contribution in [0.2, 0.25) is 10.0 Å². The Kier molecular flexibility index (Phi) is 7.27. The SMILES string of the molecule is Cc1cc(OC(F)(F)F)cc2c1c(Cc1c(Cl)ccc(CN3CCC(C(=O)O)CC3)c1Cl)cn2C. The Morgan fingerprint density at radius 2 is 1.86 bits per heavy atom. The number of aryl methyl sites for hydroxylation is 2. The molecule has 2 aromatic carbocycles. The van der Waals surface area contributed by atoms with Gasteiger partial charge in [0.1, 0.15) is 5.75 Å². The van der Waals surface area contributed by atoms with Gasteiger partial charge >= 0.3 is 12.3 Å². The monoisotopic (exact) mass is 528 g/mol. The molecule has 1 saturated heterocycles. The Morgan fingerprint density at radius 3 is 2.49 bits per heavy atom. The molecule has 0 bridgehead atoms. The van der Waals surface area contributed by atoms with Crippen LogP contribution >= 0.6 is 23.2 Å². The number of hydrogen-bond donors (Lipinski definition) is 1. The molecule has 0 atom stereocenters. The maximum atomic E-state index is 12.7. The highest BCUT2D eigenvalue weighted by atomic mass is 35.5. The summed E-state index contributed by atoms with van der Waals surface area (Å²) in [6.45, 7) is 3.68. The number of hydrogen-bond acceptors (Lipinski definition) is 3. The molecule has 5 nitrogen and oxygen atoms in total. The summed E-state index contributed by atoms with van der Waals surface area (Å²) in [4.78, 5) is 13.4. The summed E-state index contributed by atoms with van der Waals surface area (Å²) < 4.78 is 44.1. The normalized spacial score (nSPS) is 15.6. The molecule has 0 amide bonds. The van der Waals surface area contributed by atoms with Crippen molar-refractivity contribution < 1.29 is 27.8 Å². The highest BCUT2D eigenvalue weighted by Crippen LogP contribution is 2.36. The number of likely N-dealkylation sites (tertiary alicyclic amines) is 1. The standard InChI is InChI=1S/C25H25Cl2F3N2O3/c1-14-9-18(35-25(28,29)30)11-21-22(14)17(12-31(21)2)10-19-20(26)4-3-16(23(19)27)13-32-7-5-15(6-8-32)24(33)34/h3-4,9,11-12,15H,5-8,10,13H2,1-2H3,(H,33,34). The van der Waals surface area contributed by atoms with Gasteiger partial charge in [-0.15, -0.1) is 13.2 Å². The molecule has 2 heterocycles. The topological polar surface area (TPSA) is 54.7 Å². The summed E-state index contributed by atoms with van der Waals surface area (Å²) in [5.41, 5.74) is 3.80. The van der Waals surface area contributed by atoms with E-state index in [-0.39, 0.29) is 11.7 Å². The molecule has 0 spiro atoms. The number of nitrogens with zero attached hydrogens (tertiary/aromatic N) is 2. The van der Waals surface area contributed by atoms with E-state index in [9.17, 15) is 23.1 Å². The summed E-state index contributed by atoms with van der Waals surface area (Å²) in [7, 11) is 1.77. The van der Waals surface area contributed by atoms with Crippen molar-refractivity contribution in [2.75, 3.05) is 13.1 Å². The third-order valence-corrected chi connectivity index (χ3v) is 7.36. The fourth-order valence-corrected chi connectivity index (χ4v) is 5.39. The van der Waals surface area contributed by atoms with E-state index in [0.29, 0.717) is 60.0 Å². The number of fused-ring (bicyclic) bond motifs is 1. The molecule has 1 fully saturated rings. The van der Waals surface area contributed by atoms with Gasteiger partial charge in [-0.1, -0.05) is 29.3 Å². The fourth-order valence-electron chi connectivity index (χ4n) is 4.83. The predicted octanol–water partition coefficient (Wildman–Crippen LogP) is 6.58. The van der Waals surface area contributed by atoms with Crippen molar-refractivity contribution in [2.45, 2.75) is 39.1 Å². The number of alkyl halides is 3. The van der Waals surface area contributed by atoms with Crippen molar-refractivity contribution in [1.29, 1.82) is 0 Å². The molecular formula is C25H25Cl2F3N2O3. The van der Waals surface area contributed by atoms with Gasteiger partial charge in [-0.3, -0.25) is 9.69 Å². The lowest BCUT2D eigenvalue weighted by molar-refractivity contribution is -0.274. The molecule has 1 aliphatic heterocycles. The fraction of sp³-hybridized carbons (Fsp3) is 0.400. The van der Waals surface area contributed by atoms with E-state index in [1.165, 1.54) is 12.1 Å². The van der Waals surface area contributed by atoms with Crippen LogP contribution in [0.3, 0.4) is 0 Å². The van der Waals surface area contributed by atoms with Crippen molar-refractivity contribution >= 4 is 40.1 Å². The third-order valence-electron chi connectivity index (χ3n) is 6.54. The highest BCUT2D eigenvalue weighted by Gasteiger charge is 2.31. The first kappa shape index (κ1) is 25.7. The lowest BCUT2D eigenvalue weighted by Gasteiger charge is -2.30. The van der Waals surface area contributed by atoms with Gasteiger partial charge < -0.3 is 14.4 Å². The summed E-state index contributed by atoms with van der Waals surface area (Å²) in [5, 5.41) is 11.1. The van der Waals surface area contributed by atoms with Gasteiger partial charge in [-0.25, -0.2) is 0 Å². The zero-order valence-electron chi connectivity index (χ0n) is 19.3. The van der Waals surface area contributed by atoms with Crippen LogP contribution in [-0.2, 0) is 24.8 Å². The van der Waals surface area contributed by atoms with Crippen LogP contribution in [0.4, 0.5) is 13.2 Å². The first-order chi connectivity index (χ1) is 16.4. The van der Waals surface area contributed by atoms with Crippen LogP contribution in [-0.4, -0.2) is 40.0 Å². The van der Waals surface area contributed by atoms with Gasteiger partial charge in [-0.05, 0) is 67.2 Å². The number of rotatable bonds is 6. The second-order valence-electron chi connectivity index (χ2n) is 9.01. The Balaban J connectivity index is 1.61. The van der Waals surface area contributed by atoms with Crippen molar-refractivity contribution in [3.63, 3.8) is 0 Å². The van der Waals surface area contributed by atoms with E-state index in [1.807, 2.05) is 12.3 Å². The molecule has 1 N–H and O–H groups in total. The van der Waals surface area contributed by atoms with Gasteiger partial charge in [0.15, 0.2) is 0 Å². The van der Waals surface area contributed by atoms with Gasteiger partial charge in [-0.2, -0.15) is 0 Å². The number of benzene rings is 2. The largest absolute Gasteiger partial charge is 0.573 e. The Labute approximate surface area is 211 Å². The zero-order chi connectivity index (χ0) is 25.5. The molecule has 0 radical (unpaired) electrons. The van der Waals surface area contributed by atoms with Crippen LogP contribution < -0.4 is 4.74 Å². The van der Waals surface area contributed by atoms with Crippen molar-refractivity contribution in [3.8, 4) is 5.75 Å². The molecule has 0 aliphatic carbocycles. The van der Waals surface area contributed by atoms with E-state index in [0.717, 1.165) is 22.1 Å². The maximum Gasteiger partial charge on any atom is 0.573 e. The highest BCUT2D eigenvalue weighted by molar-refractivity contribution is 6.36. The average Bonchev–Trinajstić information content (AvgIpc) is 3.08. The molecular weight excluding hydrogens is 504 g/mol. The summed E-state index contributed by atoms with van der Waals surface area (Å²) in [5.74, 6) is -1.32. The number of carboxylic acid groups (broad SMARTS) is 1. The molecule has 35 heavy (non-hydrogen) atoms. The Morgan fingerprint density at radius 1 is 1.17 bits per heavy atom. The van der Waals surface area contributed by atoms with Crippen LogP contribution in [0, 0.1) is 12.8 Å². The predicted molar refractivity (Wildman–Crippen MR) is 129 cm³/mol. The quantitative estimate of drug-likeness (QED) is 0.392. The third kappa shape index (κ3) is 5.71. The molecule has 10 heteroatoms. The van der Waals surface area contributed by atoms with Gasteiger partial charge in [0.05, 0.1) is 16.5 Å². The van der Waals surface area contributed by atoms with E-state index in [4.69, 9.17) is 23.2 Å². The molecule has 1 aliphatic rings. The van der Waals surface area contributed by atoms with Crippen LogP contribution in [0.1, 0.15) is 35.1 Å². The van der Waals surface area contributed by atoms with Crippen molar-refractivity contribution in [2.24, 2.45) is 13.0 Å². The summed E-state index contributed by atoms with van der Waals surface area (Å²) in [6.07, 6.45) is -1.29. The second-order valence-corrected chi connectivity index (χ2v) is 9.80. The number of piperidine rings is 1. The average molecular weight is 529 g/mol. The zero-order valence-corrected chi connectivity index (χ0v) is 20.8. The van der Waals surface area contributed by atoms with Crippen molar-refractivity contribution in [3.05, 3.63) is 62.8 Å². The van der Waals surface area contributed by atoms with Crippen LogP contribution in [0.25, 0.3) is 10.9 Å². The molecule has 1 aromatic heterocycles. The number of halogens is 5. The number of aromatic nitrogens is 1. The van der Waals surface area contributed by atoms with E-state index >= 15 is 0 Å². The van der Waals surface area contributed by atoms with Crippen molar-refractivity contribution in [1.82, 2.24) is 9.47 Å². The minimum Gasteiger partial charge on any atom is -0.481 e. The lowest BCUT2D eigenvalue weighted by Crippen LogP contribution is -2.35. The van der Waals surface area contributed by atoms with E-state index in [1.54, 1.807) is 24.6 Å². The first-order valence-electron chi connectivity index (χ1n) is 11.2. The number of ether oxygens (including phenoxy) is 1. The number of carboxylic acids is 1. The Bertz CT molecular complexity index is 1270. The maximum absolute atomic E-state index is 12.7. The molecule has 0 unspecified atom stereocenters. The van der Waals surface area contributed by atoms with Gasteiger partial charge in [0.25, 0.3) is 0 Å². The van der Waals surface area contributed by atoms with Gasteiger partial charge in [0, 0.05) is 42.7 Å². The van der Waals surface area contributed by atoms with E-state index in [2.05, 4.69) is 9.64 Å². The molecule has 188 valence electrons. The number of carbonyl (C=O) groups is 1.